The van der Waals surface area contributed by atoms with Gasteiger partial charge in [-0.1, -0.05) is 48.5 Å². The number of hydrogen-bond acceptors (Lipinski definition) is 6. The number of amides is 2. The molecule has 0 bridgehead atoms. The van der Waals surface area contributed by atoms with E-state index in [2.05, 4.69) is 15.5 Å². The van der Waals surface area contributed by atoms with Gasteiger partial charge in [-0.15, -0.1) is 0 Å². The quantitative estimate of drug-likeness (QED) is 0.437. The van der Waals surface area contributed by atoms with E-state index in [1.807, 2.05) is 55.5 Å². The first-order valence-electron chi connectivity index (χ1n) is 12.6. The Hall–Kier alpha value is -2.49. The predicted molar refractivity (Wildman–Crippen MR) is 132 cm³/mol. The van der Waals surface area contributed by atoms with Gasteiger partial charge in [-0.3, -0.25) is 4.90 Å². The molecule has 4 rings (SSSR count). The number of urea groups is 1. The molecule has 4 atom stereocenters. The van der Waals surface area contributed by atoms with Crippen LogP contribution in [0.3, 0.4) is 0 Å². The van der Waals surface area contributed by atoms with Gasteiger partial charge in [-0.05, 0) is 43.0 Å². The van der Waals surface area contributed by atoms with Gasteiger partial charge in [0.2, 0.25) is 0 Å². The normalized spacial score (nSPS) is 24.9. The molecule has 2 saturated heterocycles. The maximum absolute atomic E-state index is 11.7. The summed E-state index contributed by atoms with van der Waals surface area (Å²) in [6.07, 6.45) is 2.13. The number of nitrogens with zero attached hydrogens (tertiary/aromatic N) is 1. The molecule has 4 unspecified atom stereocenters. The van der Waals surface area contributed by atoms with Crippen LogP contribution in [0.2, 0.25) is 0 Å². The molecule has 2 aromatic rings. The third-order valence-electron chi connectivity index (χ3n) is 6.81. The maximum atomic E-state index is 11.7. The summed E-state index contributed by atoms with van der Waals surface area (Å²) >= 11 is 0. The van der Waals surface area contributed by atoms with Crippen molar-refractivity contribution in [2.75, 3.05) is 26.2 Å². The number of hydrogen-bond donors (Lipinski definition) is 4. The van der Waals surface area contributed by atoms with Gasteiger partial charge in [0.05, 0.1) is 25.4 Å². The average molecular weight is 484 g/mol. The number of likely N-dealkylation sites (tertiary alicyclic amines) is 1. The first kappa shape index (κ1) is 25.6. The maximum Gasteiger partial charge on any atom is 0.315 e. The van der Waals surface area contributed by atoms with Crippen LogP contribution in [0, 0.1) is 0 Å². The molecule has 2 aromatic carbocycles. The number of carbonyl (C=O) groups is 1. The van der Waals surface area contributed by atoms with Gasteiger partial charge in [0, 0.05) is 37.7 Å². The van der Waals surface area contributed by atoms with Crippen molar-refractivity contribution < 1.29 is 24.5 Å². The minimum Gasteiger partial charge on any atom is -0.395 e. The lowest BCUT2D eigenvalue weighted by Crippen LogP contribution is -2.42. The van der Waals surface area contributed by atoms with Crippen molar-refractivity contribution in [3.8, 4) is 0 Å². The van der Waals surface area contributed by atoms with E-state index in [0.717, 1.165) is 54.6 Å². The molecular formula is C27H37N3O5. The Kier molecular flexibility index (Phi) is 9.12. The van der Waals surface area contributed by atoms with Crippen LogP contribution in [0.5, 0.6) is 0 Å². The predicted octanol–water partition coefficient (Wildman–Crippen LogP) is 3.00. The topological polar surface area (TPSA) is 103 Å². The molecule has 0 aromatic heterocycles. The van der Waals surface area contributed by atoms with E-state index < -0.39 is 6.29 Å². The summed E-state index contributed by atoms with van der Waals surface area (Å²) in [5, 5.41) is 24.7. The van der Waals surface area contributed by atoms with Crippen LogP contribution in [-0.2, 0) is 22.6 Å². The Morgan fingerprint density at radius 3 is 2.40 bits per heavy atom. The van der Waals surface area contributed by atoms with Crippen LogP contribution in [0.15, 0.2) is 48.5 Å². The standard InChI is InChI=1S/C27H37N3O5/c1-2-28-27(33)29-15-19-5-11-22(12-6-19)26-34-24(16-30-13-3-4-23(30)18-32)14-25(35-26)21-9-7-20(17-31)8-10-21/h5-12,23-26,31-32H,2-4,13-18H2,1H3,(H2,28,29,33). The molecule has 2 aliphatic heterocycles. The molecule has 8 heteroatoms. The van der Waals surface area contributed by atoms with Gasteiger partial charge in [0.15, 0.2) is 6.29 Å². The Morgan fingerprint density at radius 1 is 1.00 bits per heavy atom. The van der Waals surface area contributed by atoms with Gasteiger partial charge in [0.25, 0.3) is 0 Å². The van der Waals surface area contributed by atoms with Crippen LogP contribution in [0.25, 0.3) is 0 Å². The molecule has 2 fully saturated rings. The highest BCUT2D eigenvalue weighted by atomic mass is 16.7. The fraction of sp³-hybridized carbons (Fsp3) is 0.519. The van der Waals surface area contributed by atoms with E-state index in [9.17, 15) is 15.0 Å². The number of aliphatic hydroxyl groups excluding tert-OH is 2. The third-order valence-corrected chi connectivity index (χ3v) is 6.81. The summed E-state index contributed by atoms with van der Waals surface area (Å²) in [6.45, 7) is 4.82. The molecule has 0 aliphatic carbocycles. The largest absolute Gasteiger partial charge is 0.395 e. The minimum absolute atomic E-state index is 0.0129. The zero-order chi connectivity index (χ0) is 24.6. The lowest BCUT2D eigenvalue weighted by Gasteiger charge is -2.38. The van der Waals surface area contributed by atoms with Crippen LogP contribution >= 0.6 is 0 Å². The summed E-state index contributed by atoms with van der Waals surface area (Å²) in [5.41, 5.74) is 3.84. The molecule has 2 heterocycles. The Bertz CT molecular complexity index is 937. The minimum atomic E-state index is -0.517. The molecule has 35 heavy (non-hydrogen) atoms. The fourth-order valence-electron chi connectivity index (χ4n) is 4.83. The lowest BCUT2D eigenvalue weighted by molar-refractivity contribution is -0.253. The Balaban J connectivity index is 1.47. The third kappa shape index (κ3) is 6.80. The highest BCUT2D eigenvalue weighted by molar-refractivity contribution is 5.73. The van der Waals surface area contributed by atoms with Crippen molar-refractivity contribution in [2.24, 2.45) is 0 Å². The first-order chi connectivity index (χ1) is 17.1. The number of rotatable bonds is 9. The molecule has 0 radical (unpaired) electrons. The van der Waals surface area contributed by atoms with Crippen molar-refractivity contribution in [1.82, 2.24) is 15.5 Å². The number of aliphatic hydroxyl groups is 2. The lowest BCUT2D eigenvalue weighted by atomic mass is 9.99. The molecule has 8 nitrogen and oxygen atoms in total. The molecular weight excluding hydrogens is 446 g/mol. The van der Waals surface area contributed by atoms with E-state index in [1.165, 1.54) is 0 Å². The van der Waals surface area contributed by atoms with E-state index in [1.54, 1.807) is 0 Å². The van der Waals surface area contributed by atoms with Crippen molar-refractivity contribution in [2.45, 2.75) is 63.9 Å². The Labute approximate surface area is 207 Å². The van der Waals surface area contributed by atoms with Crippen LogP contribution < -0.4 is 10.6 Å². The van der Waals surface area contributed by atoms with Crippen molar-refractivity contribution in [3.63, 3.8) is 0 Å². The van der Waals surface area contributed by atoms with Crippen LogP contribution in [0.4, 0.5) is 4.79 Å². The van der Waals surface area contributed by atoms with E-state index in [4.69, 9.17) is 9.47 Å². The number of benzene rings is 2. The Morgan fingerprint density at radius 2 is 1.71 bits per heavy atom. The van der Waals surface area contributed by atoms with Crippen LogP contribution in [-0.4, -0.2) is 59.5 Å². The van der Waals surface area contributed by atoms with E-state index in [0.29, 0.717) is 13.1 Å². The summed E-state index contributed by atoms with van der Waals surface area (Å²) in [7, 11) is 0. The molecule has 0 spiro atoms. The van der Waals surface area contributed by atoms with Gasteiger partial charge in [0.1, 0.15) is 0 Å². The molecule has 190 valence electrons. The first-order valence-corrected chi connectivity index (χ1v) is 12.6. The second-order valence-corrected chi connectivity index (χ2v) is 9.28. The van der Waals surface area contributed by atoms with Crippen molar-refractivity contribution in [3.05, 3.63) is 70.8 Å². The average Bonchev–Trinajstić information content (AvgIpc) is 3.35. The highest BCUT2D eigenvalue weighted by Gasteiger charge is 2.35. The van der Waals surface area contributed by atoms with Gasteiger partial charge < -0.3 is 30.3 Å². The van der Waals surface area contributed by atoms with Crippen LogP contribution in [0.1, 0.15) is 60.8 Å². The number of nitrogens with one attached hydrogen (secondary N) is 2. The van der Waals surface area contributed by atoms with E-state index >= 15 is 0 Å². The molecule has 4 N–H and O–H groups in total. The van der Waals surface area contributed by atoms with Gasteiger partial charge >= 0.3 is 6.03 Å². The van der Waals surface area contributed by atoms with Gasteiger partial charge in [-0.2, -0.15) is 0 Å². The highest BCUT2D eigenvalue weighted by Crippen LogP contribution is 2.38. The zero-order valence-electron chi connectivity index (χ0n) is 20.4. The van der Waals surface area contributed by atoms with Gasteiger partial charge in [-0.25, -0.2) is 4.79 Å². The number of ether oxygens (including phenoxy) is 2. The molecule has 2 amide bonds. The fourth-order valence-corrected chi connectivity index (χ4v) is 4.83. The molecule has 0 saturated carbocycles. The zero-order valence-corrected chi connectivity index (χ0v) is 20.4. The number of carbonyl (C=O) groups excluding carboxylic acids is 1. The second-order valence-electron chi connectivity index (χ2n) is 9.28. The molecule has 2 aliphatic rings. The van der Waals surface area contributed by atoms with Crippen molar-refractivity contribution >= 4 is 6.03 Å². The summed E-state index contributed by atoms with van der Waals surface area (Å²) < 4.78 is 12.8. The summed E-state index contributed by atoms with van der Waals surface area (Å²) in [5.74, 6) is 0. The SMILES string of the molecule is CCNC(=O)NCc1ccc(C2OC(CN3CCCC3CO)CC(c3ccc(CO)cc3)O2)cc1. The van der Waals surface area contributed by atoms with Crippen molar-refractivity contribution in [1.29, 1.82) is 0 Å². The van der Waals surface area contributed by atoms with E-state index in [-0.39, 0.29) is 37.5 Å². The second kappa shape index (κ2) is 12.5. The summed E-state index contributed by atoms with van der Waals surface area (Å²) in [4.78, 5) is 14.0. The summed E-state index contributed by atoms with van der Waals surface area (Å²) in [6, 6.07) is 15.8. The smallest absolute Gasteiger partial charge is 0.315 e. The monoisotopic (exact) mass is 483 g/mol.